The van der Waals surface area contributed by atoms with Crippen LogP contribution in [0.5, 0.6) is 0 Å². The van der Waals surface area contributed by atoms with Crippen molar-refractivity contribution in [2.75, 3.05) is 18.1 Å². The Morgan fingerprint density at radius 1 is 1.38 bits per heavy atom. The summed E-state index contributed by atoms with van der Waals surface area (Å²) in [5.41, 5.74) is 1.32. The first-order chi connectivity index (χ1) is 10.1. The second kappa shape index (κ2) is 6.09. The van der Waals surface area contributed by atoms with E-state index in [0.29, 0.717) is 12.2 Å². The zero-order valence-electron chi connectivity index (χ0n) is 12.4. The molecule has 3 rings (SSSR count). The minimum absolute atomic E-state index is 0.0195. The van der Waals surface area contributed by atoms with Gasteiger partial charge < -0.3 is 4.74 Å². The van der Waals surface area contributed by atoms with Crippen molar-refractivity contribution in [1.29, 1.82) is 0 Å². The molecule has 0 bridgehead atoms. The molecule has 21 heavy (non-hydrogen) atoms. The molecule has 1 aromatic rings. The lowest BCUT2D eigenvalue weighted by atomic mass is 9.78. The van der Waals surface area contributed by atoms with Gasteiger partial charge in [0.1, 0.15) is 5.82 Å². The standard InChI is InChI=1S/C17H21FO2S/c1-12-10-14(18)2-3-15(12)16(19)13-4-7-20-17(11-13)5-8-21-9-6-17/h2-3,10,13H,4-9,11H2,1H3. The summed E-state index contributed by atoms with van der Waals surface area (Å²) in [5, 5.41) is 0. The summed E-state index contributed by atoms with van der Waals surface area (Å²) in [6.45, 7) is 2.48. The second-order valence-electron chi connectivity index (χ2n) is 6.16. The van der Waals surface area contributed by atoms with Crippen LogP contribution in [0.1, 0.15) is 41.6 Å². The molecule has 0 N–H and O–H groups in total. The highest BCUT2D eigenvalue weighted by molar-refractivity contribution is 7.99. The van der Waals surface area contributed by atoms with Crippen LogP contribution in [0.25, 0.3) is 0 Å². The molecule has 2 saturated heterocycles. The highest BCUT2D eigenvalue weighted by Crippen LogP contribution is 2.40. The summed E-state index contributed by atoms with van der Waals surface area (Å²) in [6, 6.07) is 4.46. The van der Waals surface area contributed by atoms with Gasteiger partial charge in [-0.15, -0.1) is 0 Å². The van der Waals surface area contributed by atoms with E-state index in [1.54, 1.807) is 6.07 Å². The van der Waals surface area contributed by atoms with Crippen molar-refractivity contribution >= 4 is 17.5 Å². The van der Waals surface area contributed by atoms with Crippen molar-refractivity contribution in [1.82, 2.24) is 0 Å². The van der Waals surface area contributed by atoms with Gasteiger partial charge in [-0.3, -0.25) is 4.79 Å². The number of carbonyl (C=O) groups excluding carboxylic acids is 1. The number of ketones is 1. The Hall–Kier alpha value is -0.870. The normalized spacial score (nSPS) is 25.0. The maximum atomic E-state index is 13.2. The SMILES string of the molecule is Cc1cc(F)ccc1C(=O)C1CCOC2(CCSCC2)C1. The maximum absolute atomic E-state index is 13.2. The van der Waals surface area contributed by atoms with E-state index in [4.69, 9.17) is 4.74 Å². The molecule has 1 spiro atoms. The van der Waals surface area contributed by atoms with Gasteiger partial charge in [0, 0.05) is 18.1 Å². The molecule has 2 aliphatic rings. The molecule has 0 radical (unpaired) electrons. The Labute approximate surface area is 129 Å². The predicted octanol–water partition coefficient (Wildman–Crippen LogP) is 4.01. The van der Waals surface area contributed by atoms with Crippen LogP contribution in [-0.4, -0.2) is 29.5 Å². The summed E-state index contributed by atoms with van der Waals surface area (Å²) < 4.78 is 19.3. The summed E-state index contributed by atoms with van der Waals surface area (Å²) in [7, 11) is 0. The molecule has 1 aromatic carbocycles. The Morgan fingerprint density at radius 3 is 2.86 bits per heavy atom. The van der Waals surface area contributed by atoms with Crippen LogP contribution >= 0.6 is 11.8 Å². The monoisotopic (exact) mass is 308 g/mol. The van der Waals surface area contributed by atoms with Crippen LogP contribution in [-0.2, 0) is 4.74 Å². The molecule has 0 saturated carbocycles. The van der Waals surface area contributed by atoms with Crippen LogP contribution < -0.4 is 0 Å². The van der Waals surface area contributed by atoms with E-state index in [1.165, 1.54) is 12.1 Å². The number of aryl methyl sites for hydroxylation is 1. The third kappa shape index (κ3) is 3.16. The van der Waals surface area contributed by atoms with Gasteiger partial charge >= 0.3 is 0 Å². The molecule has 2 heterocycles. The van der Waals surface area contributed by atoms with Crippen LogP contribution in [0, 0.1) is 18.7 Å². The second-order valence-corrected chi connectivity index (χ2v) is 7.38. The highest BCUT2D eigenvalue weighted by atomic mass is 32.2. The fourth-order valence-electron chi connectivity index (χ4n) is 3.47. The van der Waals surface area contributed by atoms with Crippen molar-refractivity contribution in [3.8, 4) is 0 Å². The van der Waals surface area contributed by atoms with Crippen LogP contribution in [0.4, 0.5) is 4.39 Å². The lowest BCUT2D eigenvalue weighted by Gasteiger charge is -2.43. The molecule has 2 fully saturated rings. The zero-order chi connectivity index (χ0) is 14.9. The third-order valence-electron chi connectivity index (χ3n) is 4.72. The number of hydrogen-bond donors (Lipinski definition) is 0. The molecule has 0 aromatic heterocycles. The van der Waals surface area contributed by atoms with Gasteiger partial charge in [0.2, 0.25) is 0 Å². The molecule has 114 valence electrons. The lowest BCUT2D eigenvalue weighted by molar-refractivity contribution is -0.0959. The predicted molar refractivity (Wildman–Crippen MR) is 83.4 cm³/mol. The first-order valence-electron chi connectivity index (χ1n) is 7.62. The summed E-state index contributed by atoms with van der Waals surface area (Å²) in [5.74, 6) is 2.14. The zero-order valence-corrected chi connectivity index (χ0v) is 13.2. The van der Waals surface area contributed by atoms with E-state index in [1.807, 2.05) is 18.7 Å². The van der Waals surface area contributed by atoms with E-state index >= 15 is 0 Å². The number of ether oxygens (including phenoxy) is 1. The van der Waals surface area contributed by atoms with Crippen molar-refractivity contribution < 1.29 is 13.9 Å². The van der Waals surface area contributed by atoms with E-state index in [0.717, 1.165) is 42.8 Å². The van der Waals surface area contributed by atoms with E-state index in [9.17, 15) is 9.18 Å². The van der Waals surface area contributed by atoms with Crippen molar-refractivity contribution in [3.63, 3.8) is 0 Å². The van der Waals surface area contributed by atoms with Gasteiger partial charge in [0.05, 0.1) is 5.60 Å². The molecule has 2 nitrogen and oxygen atoms in total. The largest absolute Gasteiger partial charge is 0.375 e. The van der Waals surface area contributed by atoms with Gasteiger partial charge in [-0.25, -0.2) is 4.39 Å². The number of rotatable bonds is 2. The van der Waals surface area contributed by atoms with Crippen LogP contribution in [0.15, 0.2) is 18.2 Å². The molecular formula is C17H21FO2S. The fourth-order valence-corrected chi connectivity index (χ4v) is 4.70. The Kier molecular flexibility index (Phi) is 4.36. The van der Waals surface area contributed by atoms with Crippen molar-refractivity contribution in [3.05, 3.63) is 35.1 Å². The van der Waals surface area contributed by atoms with Gasteiger partial charge in [0.15, 0.2) is 5.78 Å². The van der Waals surface area contributed by atoms with Crippen molar-refractivity contribution in [2.24, 2.45) is 5.92 Å². The minimum Gasteiger partial charge on any atom is -0.375 e. The van der Waals surface area contributed by atoms with Crippen LogP contribution in [0.2, 0.25) is 0 Å². The minimum atomic E-state index is -0.281. The summed E-state index contributed by atoms with van der Waals surface area (Å²) in [4.78, 5) is 12.8. The highest BCUT2D eigenvalue weighted by Gasteiger charge is 2.41. The summed E-state index contributed by atoms with van der Waals surface area (Å²) in [6.07, 6.45) is 3.70. The number of benzene rings is 1. The van der Waals surface area contributed by atoms with Gasteiger partial charge in [-0.1, -0.05) is 0 Å². The smallest absolute Gasteiger partial charge is 0.166 e. The summed E-state index contributed by atoms with van der Waals surface area (Å²) >= 11 is 1.97. The third-order valence-corrected chi connectivity index (χ3v) is 5.71. The van der Waals surface area contributed by atoms with Gasteiger partial charge in [-0.2, -0.15) is 11.8 Å². The van der Waals surface area contributed by atoms with E-state index < -0.39 is 0 Å². The molecule has 2 aliphatic heterocycles. The van der Waals surface area contributed by atoms with Crippen LogP contribution in [0.3, 0.4) is 0 Å². The molecule has 1 unspecified atom stereocenters. The van der Waals surface area contributed by atoms with Crippen molar-refractivity contribution in [2.45, 2.75) is 38.2 Å². The lowest BCUT2D eigenvalue weighted by Crippen LogP contribution is -2.44. The van der Waals surface area contributed by atoms with Gasteiger partial charge in [-0.05, 0) is 67.9 Å². The average Bonchev–Trinajstić information content (AvgIpc) is 2.47. The molecule has 0 amide bonds. The molecular weight excluding hydrogens is 287 g/mol. The number of hydrogen-bond acceptors (Lipinski definition) is 3. The Balaban J connectivity index is 1.77. The van der Waals surface area contributed by atoms with E-state index in [-0.39, 0.29) is 23.1 Å². The number of Topliss-reactive ketones (excluding diaryl/α,β-unsaturated/α-hetero) is 1. The first-order valence-corrected chi connectivity index (χ1v) is 8.77. The number of carbonyl (C=O) groups is 1. The molecule has 0 aliphatic carbocycles. The maximum Gasteiger partial charge on any atom is 0.166 e. The van der Waals surface area contributed by atoms with Gasteiger partial charge in [0.25, 0.3) is 0 Å². The first kappa shape index (κ1) is 15.0. The number of halogens is 1. The Morgan fingerprint density at radius 2 is 2.14 bits per heavy atom. The average molecular weight is 308 g/mol. The molecule has 4 heteroatoms. The fraction of sp³-hybridized carbons (Fsp3) is 0.588. The van der Waals surface area contributed by atoms with E-state index in [2.05, 4.69) is 0 Å². The topological polar surface area (TPSA) is 26.3 Å². The quantitative estimate of drug-likeness (QED) is 0.772. The Bertz CT molecular complexity index is 532. The molecule has 1 atom stereocenters. The number of thioether (sulfide) groups is 1.